The van der Waals surface area contributed by atoms with Gasteiger partial charge in [-0.1, -0.05) is 132 Å². The van der Waals surface area contributed by atoms with Crippen molar-refractivity contribution in [2.75, 3.05) is 79.3 Å². The van der Waals surface area contributed by atoms with E-state index in [4.69, 9.17) is 37.9 Å². The number of nitro groups is 2. The van der Waals surface area contributed by atoms with E-state index in [1.165, 1.54) is 0 Å². The Morgan fingerprint density at radius 3 is 0.872 bits per heavy atom. The van der Waals surface area contributed by atoms with Crippen molar-refractivity contribution in [1.82, 2.24) is 9.44 Å². The Kier molecular flexibility index (Phi) is 22.7. The minimum atomic E-state index is -4.54. The minimum Gasteiger partial charge on any atom is -0.491 e. The van der Waals surface area contributed by atoms with Crippen LogP contribution in [-0.4, -0.2) is 118 Å². The third-order valence-electron chi connectivity index (χ3n) is 15.9. The zero-order chi connectivity index (χ0) is 68.6. The van der Waals surface area contributed by atoms with Crippen LogP contribution in [0.2, 0.25) is 0 Å². The first kappa shape index (κ1) is 71.8. The Bertz CT molecular complexity index is 3640. The van der Waals surface area contributed by atoms with Crippen LogP contribution in [0.1, 0.15) is 150 Å². The lowest BCUT2D eigenvalue weighted by atomic mass is 9.79. The number of amides is 2. The molecule has 22 nitrogen and oxygen atoms in total. The van der Waals surface area contributed by atoms with Crippen molar-refractivity contribution >= 4 is 43.2 Å². The summed E-state index contributed by atoms with van der Waals surface area (Å²) in [6.07, 6.45) is 0.524. The summed E-state index contributed by atoms with van der Waals surface area (Å²) in [5, 5.41) is 22.9. The summed E-state index contributed by atoms with van der Waals surface area (Å²) in [5.74, 6) is -0.450. The highest BCUT2D eigenvalue weighted by Crippen LogP contribution is 2.45. The summed E-state index contributed by atoms with van der Waals surface area (Å²) < 4.78 is 110. The van der Waals surface area contributed by atoms with E-state index in [0.29, 0.717) is 93.9 Å². The number of fused-ring (bicyclic) bond motifs is 2. The molecule has 0 atom stereocenters. The van der Waals surface area contributed by atoms with E-state index in [-0.39, 0.29) is 86.5 Å². The molecule has 1 aliphatic carbocycles. The molecule has 1 heterocycles. The topological polar surface area (TPSA) is 287 Å². The van der Waals surface area contributed by atoms with Gasteiger partial charge in [0.1, 0.15) is 36.2 Å². The molecule has 2 N–H and O–H groups in total. The van der Waals surface area contributed by atoms with Gasteiger partial charge < -0.3 is 37.9 Å². The van der Waals surface area contributed by atoms with Gasteiger partial charge >= 0.3 is 0 Å². The molecule has 2 aliphatic rings. The lowest BCUT2D eigenvalue weighted by Gasteiger charge is -2.29. The smallest absolute Gasteiger partial charge is 0.271 e. The molecular formula is C70H86N4O18S2. The largest absolute Gasteiger partial charge is 0.491 e. The van der Waals surface area contributed by atoms with E-state index >= 15 is 0 Å². The third-order valence-corrected chi connectivity index (χ3v) is 18.7. The summed E-state index contributed by atoms with van der Waals surface area (Å²) in [6, 6.07) is 24.8. The summed E-state index contributed by atoms with van der Waals surface area (Å²) in [6.45, 7) is 25.8. The highest BCUT2D eigenvalue weighted by molar-refractivity contribution is 7.90. The van der Waals surface area contributed by atoms with Gasteiger partial charge in [0.05, 0.1) is 72.5 Å². The molecule has 0 unspecified atom stereocenters. The third kappa shape index (κ3) is 18.9. The zero-order valence-electron chi connectivity index (χ0n) is 55.6. The Hall–Kier alpha value is -8.00. The number of hydrogen-bond acceptors (Lipinski definition) is 18. The average Bonchev–Trinajstić information content (AvgIpc) is 0.764. The Morgan fingerprint density at radius 1 is 0.404 bits per heavy atom. The molecule has 8 rings (SSSR count). The van der Waals surface area contributed by atoms with Crippen molar-refractivity contribution in [2.45, 2.75) is 140 Å². The monoisotopic (exact) mass is 1330 g/mol. The van der Waals surface area contributed by atoms with Crippen LogP contribution in [0.25, 0.3) is 0 Å². The second-order valence-corrected chi connectivity index (χ2v) is 30.8. The number of carbonyl (C=O) groups excluding carboxylic acids is 2. The zero-order valence-corrected chi connectivity index (χ0v) is 57.2. The van der Waals surface area contributed by atoms with Crippen LogP contribution in [0.3, 0.4) is 0 Å². The molecule has 0 fully saturated rings. The standard InChI is InChI=1S/C70H86N4O18S2/c1-67(2,3)53-35-45-31-49-39-55(69(7,8)9)41-51(65(49)91-43-61(75)71-93(81,82)59-17-13-57(14-18-59)73(77)78)33-47-37-54(68(4,5)6)38-48-34-52-42-56(70(10,11)12)40-50(66(52)92-44-62(76)72-94(83,84)60-19-15-58(16-20-60)74(79)80)32-46(36-53)63(45)89-29-27-87-25-23-85-21-22-86-24-26-88-28-30-90-64(47)48/h13-20,35-42H,21-34,43-44H2,1-12H3,(H,71,75)(H,72,76). The molecular weight excluding hydrogens is 1250 g/mol. The number of nitrogens with one attached hydrogen (secondary N) is 2. The van der Waals surface area contributed by atoms with Crippen molar-refractivity contribution in [3.8, 4) is 23.0 Å². The van der Waals surface area contributed by atoms with E-state index in [2.05, 4.69) is 117 Å². The Balaban J connectivity index is 1.40. The molecule has 2 amide bonds. The maximum atomic E-state index is 14.1. The maximum Gasteiger partial charge on any atom is 0.271 e. The van der Waals surface area contributed by atoms with Crippen LogP contribution in [0, 0.1) is 20.2 Å². The van der Waals surface area contributed by atoms with Crippen LogP contribution >= 0.6 is 0 Å². The number of sulfonamides is 2. The average molecular weight is 1340 g/mol. The second-order valence-electron chi connectivity index (χ2n) is 27.5. The van der Waals surface area contributed by atoms with Gasteiger partial charge in [-0.15, -0.1) is 0 Å². The molecule has 1 aliphatic heterocycles. The number of rotatable bonds is 12. The molecule has 0 saturated heterocycles. The van der Waals surface area contributed by atoms with Crippen molar-refractivity contribution in [2.24, 2.45) is 0 Å². The van der Waals surface area contributed by atoms with Crippen LogP contribution in [0.4, 0.5) is 11.4 Å². The summed E-state index contributed by atoms with van der Waals surface area (Å²) >= 11 is 0. The fourth-order valence-electron chi connectivity index (χ4n) is 10.8. The predicted octanol–water partition coefficient (Wildman–Crippen LogP) is 11.0. The molecule has 10 bridgehead atoms. The molecule has 24 heteroatoms. The highest BCUT2D eigenvalue weighted by atomic mass is 32.2. The van der Waals surface area contributed by atoms with Gasteiger partial charge in [0.25, 0.3) is 43.2 Å². The van der Waals surface area contributed by atoms with Crippen LogP contribution in [-0.2, 0) is 95.9 Å². The summed E-state index contributed by atoms with van der Waals surface area (Å²) in [4.78, 5) is 49.1. The van der Waals surface area contributed by atoms with Crippen molar-refractivity contribution in [1.29, 1.82) is 0 Å². The predicted molar refractivity (Wildman–Crippen MR) is 354 cm³/mol. The summed E-state index contributed by atoms with van der Waals surface area (Å²) in [5.41, 5.74) is 6.42. The van der Waals surface area contributed by atoms with Gasteiger partial charge in [-0.25, -0.2) is 26.3 Å². The van der Waals surface area contributed by atoms with Gasteiger partial charge in [0.15, 0.2) is 13.2 Å². The van der Waals surface area contributed by atoms with Gasteiger partial charge in [-0.3, -0.25) is 29.8 Å². The van der Waals surface area contributed by atoms with Gasteiger partial charge in [0, 0.05) is 49.9 Å². The van der Waals surface area contributed by atoms with E-state index in [0.717, 1.165) is 70.8 Å². The fourth-order valence-corrected chi connectivity index (χ4v) is 12.7. The molecule has 0 spiro atoms. The fraction of sp³-hybridized carbons (Fsp3) is 0.457. The second kappa shape index (κ2) is 29.7. The first-order valence-corrected chi connectivity index (χ1v) is 34.1. The molecule has 0 aromatic heterocycles. The van der Waals surface area contributed by atoms with Crippen LogP contribution in [0.15, 0.2) is 107 Å². The first-order chi connectivity index (χ1) is 44.1. The molecule has 0 saturated carbocycles. The van der Waals surface area contributed by atoms with Crippen LogP contribution < -0.4 is 28.4 Å². The summed E-state index contributed by atoms with van der Waals surface area (Å²) in [7, 11) is -9.09. The Labute approximate surface area is 550 Å². The normalized spacial score (nSPS) is 15.1. The lowest BCUT2D eigenvalue weighted by molar-refractivity contribution is -0.385. The molecule has 0 radical (unpaired) electrons. The van der Waals surface area contributed by atoms with E-state index in [1.54, 1.807) is 0 Å². The van der Waals surface area contributed by atoms with Crippen molar-refractivity contribution in [3.05, 3.63) is 184 Å². The van der Waals surface area contributed by atoms with Crippen molar-refractivity contribution in [3.63, 3.8) is 0 Å². The first-order valence-electron chi connectivity index (χ1n) is 31.1. The minimum absolute atomic E-state index is 0.0750. The quantitative estimate of drug-likeness (QED) is 0.0849. The number of hydrogen-bond donors (Lipinski definition) is 2. The molecule has 6 aromatic carbocycles. The van der Waals surface area contributed by atoms with Gasteiger partial charge in [-0.2, -0.15) is 0 Å². The van der Waals surface area contributed by atoms with E-state index in [1.807, 2.05) is 24.3 Å². The Morgan fingerprint density at radius 2 is 0.638 bits per heavy atom. The van der Waals surface area contributed by atoms with Crippen molar-refractivity contribution < 1.29 is 74.2 Å². The number of non-ortho nitro benzene ring substituents is 2. The molecule has 6 aromatic rings. The number of benzene rings is 6. The number of carbonyl (C=O) groups is 2. The number of nitro benzene ring substituents is 2. The number of nitrogens with zero attached hydrogens (tertiary/aromatic N) is 2. The van der Waals surface area contributed by atoms with Crippen LogP contribution in [0.5, 0.6) is 23.0 Å². The molecule has 94 heavy (non-hydrogen) atoms. The maximum absolute atomic E-state index is 14.1. The molecule has 506 valence electrons. The van der Waals surface area contributed by atoms with E-state index < -0.39 is 76.6 Å². The lowest BCUT2D eigenvalue weighted by Crippen LogP contribution is -2.34. The van der Waals surface area contributed by atoms with E-state index in [9.17, 15) is 46.7 Å². The van der Waals surface area contributed by atoms with Gasteiger partial charge in [-0.05, 0) is 113 Å². The van der Waals surface area contributed by atoms with Gasteiger partial charge in [0.2, 0.25) is 0 Å². The highest BCUT2D eigenvalue weighted by Gasteiger charge is 2.31. The number of ether oxygens (including phenoxy) is 8. The SMILES string of the molecule is CC(C)(C)c1cc2c3c(c1)Cc1cc(C(C)(C)C)cc(c1OCC(=O)NS(=O)(=O)c1ccc([N+](=O)[O-])cc1)Cc1cc(C(C)(C)C)cc(c1OCCOCCOCCOCCOCCO3)Cc1cc(C(C)(C)C)cc(c1OCC(=O)NS(=O)(=O)c1ccc([N+](=O)[O-])cc1)C2.